The number of hydrogen-bond donors (Lipinski definition) is 0. The van der Waals surface area contributed by atoms with Crippen molar-refractivity contribution in [1.29, 1.82) is 0 Å². The fraction of sp³-hybridized carbons (Fsp3) is 0.611. The van der Waals surface area contributed by atoms with Crippen molar-refractivity contribution in [2.24, 2.45) is 17.3 Å². The number of ketones is 1. The van der Waals surface area contributed by atoms with Crippen LogP contribution in [0.2, 0.25) is 0 Å². The molecule has 0 N–H and O–H groups in total. The van der Waals surface area contributed by atoms with Gasteiger partial charge in [-0.2, -0.15) is 0 Å². The van der Waals surface area contributed by atoms with Gasteiger partial charge in [0.15, 0.2) is 5.78 Å². The largest absolute Gasteiger partial charge is 0.480 e. The quantitative estimate of drug-likeness (QED) is 0.736. The molecule has 23 heavy (non-hydrogen) atoms. The summed E-state index contributed by atoms with van der Waals surface area (Å²) in [7, 11) is 4.72. The molecule has 2 saturated carbocycles. The molecule has 0 saturated heterocycles. The van der Waals surface area contributed by atoms with E-state index in [-0.39, 0.29) is 11.2 Å². The first-order chi connectivity index (χ1) is 11.1. The molecular formula is C18H24O3P2. The van der Waals surface area contributed by atoms with Crippen LogP contribution in [0.25, 0.3) is 0 Å². The minimum atomic E-state index is 0.226. The van der Waals surface area contributed by atoms with E-state index < -0.39 is 0 Å². The SMILES string of the molecule is CC12CCC3c4ccc(OP)cc4C(=O)CC3C1CCC2OP. The maximum absolute atomic E-state index is 12.8. The van der Waals surface area contributed by atoms with Crippen LogP contribution in [0.4, 0.5) is 0 Å². The summed E-state index contributed by atoms with van der Waals surface area (Å²) < 4.78 is 10.9. The molecule has 0 spiro atoms. The second-order valence-electron chi connectivity index (χ2n) is 7.62. The van der Waals surface area contributed by atoms with Gasteiger partial charge in [-0.3, -0.25) is 4.79 Å². The van der Waals surface area contributed by atoms with Crippen molar-refractivity contribution in [3.05, 3.63) is 29.3 Å². The molecule has 0 aromatic heterocycles. The average molecular weight is 350 g/mol. The Labute approximate surface area is 142 Å². The fourth-order valence-corrected chi connectivity index (χ4v) is 6.22. The number of fused-ring (bicyclic) bond motifs is 5. The zero-order valence-electron chi connectivity index (χ0n) is 13.5. The lowest BCUT2D eigenvalue weighted by atomic mass is 9.55. The van der Waals surface area contributed by atoms with E-state index in [1.54, 1.807) is 0 Å². The monoisotopic (exact) mass is 350 g/mol. The van der Waals surface area contributed by atoms with Crippen LogP contribution in [0.1, 0.15) is 60.9 Å². The summed E-state index contributed by atoms with van der Waals surface area (Å²) in [6, 6.07) is 6.02. The Morgan fingerprint density at radius 3 is 2.78 bits per heavy atom. The number of Topliss-reactive ketones (excluding diaryl/α,β-unsaturated/α-hetero) is 1. The van der Waals surface area contributed by atoms with Gasteiger partial charge in [0.25, 0.3) is 0 Å². The molecule has 7 unspecified atom stereocenters. The highest BCUT2D eigenvalue weighted by Gasteiger charge is 2.56. The topological polar surface area (TPSA) is 35.5 Å². The van der Waals surface area contributed by atoms with E-state index in [0.717, 1.165) is 24.2 Å². The first-order valence-electron chi connectivity index (χ1n) is 8.48. The summed E-state index contributed by atoms with van der Waals surface area (Å²) in [4.78, 5) is 12.8. The summed E-state index contributed by atoms with van der Waals surface area (Å²) in [5.74, 6) is 2.62. The molecular weight excluding hydrogens is 326 g/mol. The van der Waals surface area contributed by atoms with E-state index in [1.807, 2.05) is 12.1 Å². The molecule has 3 aliphatic carbocycles. The molecule has 0 heterocycles. The third-order valence-corrected chi connectivity index (χ3v) is 7.40. The summed E-state index contributed by atoms with van der Waals surface area (Å²) >= 11 is 0. The smallest absolute Gasteiger partial charge is 0.163 e. The maximum atomic E-state index is 12.8. The van der Waals surface area contributed by atoms with Crippen LogP contribution in [0.5, 0.6) is 5.75 Å². The third kappa shape index (κ3) is 2.31. The van der Waals surface area contributed by atoms with Gasteiger partial charge in [0, 0.05) is 21.5 Å². The number of carbonyl (C=O) groups is 1. The zero-order chi connectivity index (χ0) is 16.2. The molecule has 1 aromatic carbocycles. The van der Waals surface area contributed by atoms with Crippen molar-refractivity contribution in [1.82, 2.24) is 0 Å². The molecule has 0 bridgehead atoms. The molecule has 2 fully saturated rings. The lowest BCUT2D eigenvalue weighted by molar-refractivity contribution is -0.00192. The summed E-state index contributed by atoms with van der Waals surface area (Å²) in [6.07, 6.45) is 5.66. The van der Waals surface area contributed by atoms with Gasteiger partial charge in [-0.25, -0.2) is 0 Å². The van der Waals surface area contributed by atoms with Crippen LogP contribution in [0, 0.1) is 17.3 Å². The Morgan fingerprint density at radius 1 is 1.22 bits per heavy atom. The van der Waals surface area contributed by atoms with Crippen molar-refractivity contribution >= 4 is 24.7 Å². The first kappa shape index (κ1) is 16.0. The lowest BCUT2D eigenvalue weighted by Gasteiger charge is -2.50. The minimum Gasteiger partial charge on any atom is -0.480 e. The highest BCUT2D eigenvalue weighted by Crippen LogP contribution is 2.61. The van der Waals surface area contributed by atoms with Crippen molar-refractivity contribution in [3.63, 3.8) is 0 Å². The standard InChI is InChI=1S/C18H24O3P2/c1-18-7-6-12-11-3-2-10(20-22)8-14(11)16(19)9-13(12)15(18)4-5-17(18)21-23/h2-3,8,12-13,15,17H,4-7,9,22-23H2,1H3. The molecule has 1 aromatic rings. The van der Waals surface area contributed by atoms with Crippen molar-refractivity contribution in [3.8, 4) is 5.75 Å². The second kappa shape index (κ2) is 5.80. The van der Waals surface area contributed by atoms with Gasteiger partial charge < -0.3 is 9.05 Å². The van der Waals surface area contributed by atoms with Crippen molar-refractivity contribution in [2.45, 2.75) is 51.0 Å². The second-order valence-corrected chi connectivity index (χ2v) is 8.13. The summed E-state index contributed by atoms with van der Waals surface area (Å²) in [5.41, 5.74) is 2.35. The summed E-state index contributed by atoms with van der Waals surface area (Å²) in [5, 5.41) is 0. The predicted octanol–water partition coefficient (Wildman–Crippen LogP) is 4.53. The molecule has 4 rings (SSSR count). The van der Waals surface area contributed by atoms with Crippen molar-refractivity contribution < 1.29 is 13.8 Å². The van der Waals surface area contributed by atoms with E-state index in [4.69, 9.17) is 9.05 Å². The van der Waals surface area contributed by atoms with Crippen molar-refractivity contribution in [2.75, 3.05) is 0 Å². The highest BCUT2D eigenvalue weighted by molar-refractivity contribution is 7.10. The van der Waals surface area contributed by atoms with Crippen LogP contribution < -0.4 is 4.52 Å². The van der Waals surface area contributed by atoms with Gasteiger partial charge in [-0.15, -0.1) is 0 Å². The average Bonchev–Trinajstić information content (AvgIpc) is 2.91. The molecule has 3 aliphatic rings. The van der Waals surface area contributed by atoms with Gasteiger partial charge in [0.1, 0.15) is 5.75 Å². The molecule has 0 amide bonds. The predicted molar refractivity (Wildman–Crippen MR) is 96.6 cm³/mol. The van der Waals surface area contributed by atoms with Crippen LogP contribution in [0.15, 0.2) is 18.2 Å². The Bertz CT molecular complexity index is 647. The molecule has 0 aliphatic heterocycles. The van der Waals surface area contributed by atoms with E-state index in [2.05, 4.69) is 31.9 Å². The Balaban J connectivity index is 1.72. The number of hydrogen-bond acceptors (Lipinski definition) is 3. The van der Waals surface area contributed by atoms with Gasteiger partial charge in [-0.1, -0.05) is 13.0 Å². The van der Waals surface area contributed by atoms with E-state index in [9.17, 15) is 4.79 Å². The van der Waals surface area contributed by atoms with Crippen LogP contribution >= 0.6 is 18.9 Å². The molecule has 7 atom stereocenters. The highest BCUT2D eigenvalue weighted by atomic mass is 31.0. The molecule has 3 nitrogen and oxygen atoms in total. The van der Waals surface area contributed by atoms with Crippen LogP contribution in [0.3, 0.4) is 0 Å². The normalized spacial score (nSPS) is 38.7. The maximum Gasteiger partial charge on any atom is 0.163 e. The van der Waals surface area contributed by atoms with E-state index in [1.165, 1.54) is 18.4 Å². The first-order valence-corrected chi connectivity index (χ1v) is 9.42. The zero-order valence-corrected chi connectivity index (χ0v) is 15.8. The Hall–Kier alpha value is -0.490. The van der Waals surface area contributed by atoms with Gasteiger partial charge in [0.2, 0.25) is 0 Å². The third-order valence-electron chi connectivity index (χ3n) is 6.80. The lowest BCUT2D eigenvalue weighted by Crippen LogP contribution is -2.45. The van der Waals surface area contributed by atoms with Gasteiger partial charge in [0.05, 0.1) is 15.6 Å². The molecule has 124 valence electrons. The van der Waals surface area contributed by atoms with Gasteiger partial charge in [-0.05, 0) is 66.5 Å². The minimum absolute atomic E-state index is 0.226. The van der Waals surface area contributed by atoms with E-state index in [0.29, 0.717) is 30.3 Å². The Kier molecular flexibility index (Phi) is 4.03. The fourth-order valence-electron chi connectivity index (χ4n) is 5.63. The number of benzene rings is 1. The van der Waals surface area contributed by atoms with Crippen LogP contribution in [-0.2, 0) is 4.52 Å². The Morgan fingerprint density at radius 2 is 2.04 bits per heavy atom. The van der Waals surface area contributed by atoms with Gasteiger partial charge >= 0.3 is 0 Å². The van der Waals surface area contributed by atoms with Crippen LogP contribution in [-0.4, -0.2) is 11.9 Å². The number of carbonyl (C=O) groups excluding carboxylic acids is 1. The molecule has 5 heteroatoms. The number of rotatable bonds is 2. The molecule has 0 radical (unpaired) electrons. The van der Waals surface area contributed by atoms with E-state index >= 15 is 0 Å². The summed E-state index contributed by atoms with van der Waals surface area (Å²) in [6.45, 7) is 2.38.